The van der Waals surface area contributed by atoms with E-state index in [1.807, 2.05) is 4.90 Å². The van der Waals surface area contributed by atoms with Crippen LogP contribution >= 0.6 is 0 Å². The lowest BCUT2D eigenvalue weighted by atomic mass is 9.71. The third kappa shape index (κ3) is 4.14. The maximum Gasteiger partial charge on any atom is 0.316 e. The Balaban J connectivity index is 1.38. The molecule has 4 heterocycles. The second-order valence-electron chi connectivity index (χ2n) is 8.38. The van der Waals surface area contributed by atoms with Gasteiger partial charge in [-0.2, -0.15) is 0 Å². The molecule has 4 rings (SSSR count). The number of hydrogen-bond donors (Lipinski definition) is 1. The number of aliphatic hydroxyl groups is 1. The van der Waals surface area contributed by atoms with Crippen molar-refractivity contribution >= 4 is 5.91 Å². The highest BCUT2D eigenvalue weighted by Crippen LogP contribution is 2.41. The molecule has 1 N–H and O–H groups in total. The SMILES string of the molecule is COc1ncc(C(=O)N2CCC3(CC2)CC(O)CN(C2CCOCC2)C3)cn1. The molecule has 0 bridgehead atoms. The third-order valence-electron chi connectivity index (χ3n) is 6.53. The molecule has 0 aromatic carbocycles. The van der Waals surface area contributed by atoms with E-state index < -0.39 is 0 Å². The van der Waals surface area contributed by atoms with E-state index >= 15 is 0 Å². The number of β-amino-alcohol motifs (C(OH)–C–C–N with tert-alkyl or cyclic N) is 1. The third-order valence-corrected chi connectivity index (χ3v) is 6.53. The van der Waals surface area contributed by atoms with Crippen LogP contribution in [0.1, 0.15) is 42.5 Å². The van der Waals surface area contributed by atoms with Gasteiger partial charge in [-0.15, -0.1) is 0 Å². The van der Waals surface area contributed by atoms with Crippen LogP contribution < -0.4 is 4.74 Å². The van der Waals surface area contributed by atoms with Gasteiger partial charge in [0.1, 0.15) is 0 Å². The molecule has 1 amide bonds. The topological polar surface area (TPSA) is 88.0 Å². The van der Waals surface area contributed by atoms with Crippen LogP contribution in [0.4, 0.5) is 0 Å². The number of aromatic nitrogens is 2. The van der Waals surface area contributed by atoms with Crippen molar-refractivity contribution in [3.8, 4) is 6.01 Å². The molecule has 1 unspecified atom stereocenters. The van der Waals surface area contributed by atoms with Crippen LogP contribution in [-0.2, 0) is 4.74 Å². The molecular weight excluding hydrogens is 360 g/mol. The van der Waals surface area contributed by atoms with Gasteiger partial charge in [0.25, 0.3) is 5.91 Å². The Bertz CT molecular complexity index is 669. The molecule has 1 spiro atoms. The van der Waals surface area contributed by atoms with Crippen molar-refractivity contribution in [3.05, 3.63) is 18.0 Å². The number of amides is 1. The van der Waals surface area contributed by atoms with Crippen LogP contribution in [0, 0.1) is 5.41 Å². The maximum atomic E-state index is 12.8. The van der Waals surface area contributed by atoms with Crippen molar-refractivity contribution in [1.29, 1.82) is 0 Å². The van der Waals surface area contributed by atoms with Crippen molar-refractivity contribution in [1.82, 2.24) is 19.8 Å². The highest BCUT2D eigenvalue weighted by Gasteiger charge is 2.44. The average Bonchev–Trinajstić information content (AvgIpc) is 2.74. The molecule has 1 atom stereocenters. The van der Waals surface area contributed by atoms with E-state index in [0.717, 1.165) is 58.4 Å². The van der Waals surface area contributed by atoms with Crippen LogP contribution in [0.5, 0.6) is 6.01 Å². The first-order valence-electron chi connectivity index (χ1n) is 10.2. The Labute approximate surface area is 165 Å². The average molecular weight is 390 g/mol. The summed E-state index contributed by atoms with van der Waals surface area (Å²) in [6, 6.07) is 0.773. The molecule has 3 aliphatic rings. The Hall–Kier alpha value is -1.77. The maximum absolute atomic E-state index is 12.8. The van der Waals surface area contributed by atoms with E-state index in [1.165, 1.54) is 19.5 Å². The molecule has 0 saturated carbocycles. The second-order valence-corrected chi connectivity index (χ2v) is 8.38. The lowest BCUT2D eigenvalue weighted by Gasteiger charge is -2.51. The number of nitrogens with zero attached hydrogens (tertiary/aromatic N) is 4. The first-order valence-corrected chi connectivity index (χ1v) is 10.2. The largest absolute Gasteiger partial charge is 0.467 e. The summed E-state index contributed by atoms with van der Waals surface area (Å²) in [4.78, 5) is 25.2. The summed E-state index contributed by atoms with van der Waals surface area (Å²) in [5.41, 5.74) is 0.590. The highest BCUT2D eigenvalue weighted by molar-refractivity contribution is 5.93. The fourth-order valence-corrected chi connectivity index (χ4v) is 4.98. The zero-order valence-corrected chi connectivity index (χ0v) is 16.5. The van der Waals surface area contributed by atoms with Gasteiger partial charge in [-0.3, -0.25) is 9.69 Å². The van der Waals surface area contributed by atoms with Gasteiger partial charge in [-0.25, -0.2) is 9.97 Å². The predicted octanol–water partition coefficient (Wildman–Crippen LogP) is 0.953. The summed E-state index contributed by atoms with van der Waals surface area (Å²) in [7, 11) is 1.50. The molecule has 0 aliphatic carbocycles. The summed E-state index contributed by atoms with van der Waals surface area (Å²) in [6.07, 6.45) is 7.54. The molecular formula is C20H30N4O4. The van der Waals surface area contributed by atoms with Gasteiger partial charge in [0.2, 0.25) is 0 Å². The molecule has 0 radical (unpaired) electrons. The monoisotopic (exact) mass is 390 g/mol. The first-order chi connectivity index (χ1) is 13.6. The summed E-state index contributed by atoms with van der Waals surface area (Å²) in [5.74, 6) is -0.0323. The zero-order valence-electron chi connectivity index (χ0n) is 16.5. The van der Waals surface area contributed by atoms with Gasteiger partial charge in [-0.05, 0) is 37.5 Å². The van der Waals surface area contributed by atoms with E-state index in [2.05, 4.69) is 14.9 Å². The molecule has 1 aromatic rings. The van der Waals surface area contributed by atoms with Crippen molar-refractivity contribution in [3.63, 3.8) is 0 Å². The van der Waals surface area contributed by atoms with Crippen LogP contribution in [0.25, 0.3) is 0 Å². The molecule has 154 valence electrons. The Kier molecular flexibility index (Phi) is 5.80. The zero-order chi connectivity index (χ0) is 19.6. The van der Waals surface area contributed by atoms with Crippen molar-refractivity contribution in [2.24, 2.45) is 5.41 Å². The van der Waals surface area contributed by atoms with Gasteiger partial charge in [0.15, 0.2) is 0 Å². The minimum absolute atomic E-state index is 0.0323. The lowest BCUT2D eigenvalue weighted by Crippen LogP contribution is -2.57. The number of likely N-dealkylation sites (tertiary alicyclic amines) is 2. The fraction of sp³-hybridized carbons (Fsp3) is 0.750. The summed E-state index contributed by atoms with van der Waals surface area (Å²) < 4.78 is 10.5. The van der Waals surface area contributed by atoms with E-state index in [0.29, 0.717) is 24.7 Å². The predicted molar refractivity (Wildman–Crippen MR) is 102 cm³/mol. The number of hydrogen-bond acceptors (Lipinski definition) is 7. The normalized spacial score (nSPS) is 26.4. The lowest BCUT2D eigenvalue weighted by molar-refractivity contribution is -0.0695. The molecule has 3 fully saturated rings. The molecule has 8 nitrogen and oxygen atoms in total. The van der Waals surface area contributed by atoms with Gasteiger partial charge in [-0.1, -0.05) is 0 Å². The highest BCUT2D eigenvalue weighted by atomic mass is 16.5. The molecule has 3 saturated heterocycles. The molecule has 8 heteroatoms. The summed E-state index contributed by atoms with van der Waals surface area (Å²) in [6.45, 7) is 4.83. The number of piperidine rings is 2. The van der Waals surface area contributed by atoms with Crippen LogP contribution in [0.3, 0.4) is 0 Å². The standard InChI is InChI=1S/C20H30N4O4/c1-27-19-21-11-15(12-22-19)18(26)23-6-4-20(5-7-23)10-17(25)13-24(14-20)16-2-8-28-9-3-16/h11-12,16-17,25H,2-10,13-14H2,1H3. The minimum atomic E-state index is -0.283. The van der Waals surface area contributed by atoms with Gasteiger partial charge in [0, 0.05) is 57.8 Å². The van der Waals surface area contributed by atoms with Crippen LogP contribution in [0.15, 0.2) is 12.4 Å². The van der Waals surface area contributed by atoms with Gasteiger partial charge < -0.3 is 19.5 Å². The number of methoxy groups -OCH3 is 1. The molecule has 28 heavy (non-hydrogen) atoms. The summed E-state index contributed by atoms with van der Waals surface area (Å²) >= 11 is 0. The number of rotatable bonds is 3. The van der Waals surface area contributed by atoms with Gasteiger partial charge >= 0.3 is 6.01 Å². The number of carbonyl (C=O) groups excluding carboxylic acids is 1. The Morgan fingerprint density at radius 3 is 2.57 bits per heavy atom. The summed E-state index contributed by atoms with van der Waals surface area (Å²) in [5, 5.41) is 10.5. The fourth-order valence-electron chi connectivity index (χ4n) is 4.98. The van der Waals surface area contributed by atoms with Crippen molar-refractivity contribution in [2.75, 3.05) is 46.5 Å². The van der Waals surface area contributed by atoms with Gasteiger partial charge in [0.05, 0.1) is 18.8 Å². The number of ether oxygens (including phenoxy) is 2. The van der Waals surface area contributed by atoms with E-state index in [-0.39, 0.29) is 23.4 Å². The smallest absolute Gasteiger partial charge is 0.316 e. The number of carbonyl (C=O) groups is 1. The first kappa shape index (κ1) is 19.5. The second kappa shape index (κ2) is 8.31. The quantitative estimate of drug-likeness (QED) is 0.822. The van der Waals surface area contributed by atoms with E-state index in [9.17, 15) is 9.90 Å². The van der Waals surface area contributed by atoms with E-state index in [1.54, 1.807) is 0 Å². The molecule has 3 aliphatic heterocycles. The Morgan fingerprint density at radius 1 is 1.25 bits per heavy atom. The van der Waals surface area contributed by atoms with Crippen molar-refractivity contribution < 1.29 is 19.4 Å². The van der Waals surface area contributed by atoms with Crippen LogP contribution in [-0.4, -0.2) is 89.4 Å². The Morgan fingerprint density at radius 2 is 1.93 bits per heavy atom. The molecule has 1 aromatic heterocycles. The van der Waals surface area contributed by atoms with Crippen molar-refractivity contribution in [2.45, 2.75) is 44.2 Å². The van der Waals surface area contributed by atoms with E-state index in [4.69, 9.17) is 9.47 Å². The van der Waals surface area contributed by atoms with Crippen LogP contribution in [0.2, 0.25) is 0 Å². The minimum Gasteiger partial charge on any atom is -0.467 e. The number of aliphatic hydroxyl groups excluding tert-OH is 1.